The first-order valence-corrected chi connectivity index (χ1v) is 9.58. The third-order valence-electron chi connectivity index (χ3n) is 4.70. The van der Waals surface area contributed by atoms with Crippen LogP contribution < -0.4 is 10.1 Å². The third kappa shape index (κ3) is 4.00. The molecule has 4 rings (SSSR count). The van der Waals surface area contributed by atoms with Crippen LogP contribution in [0.2, 0.25) is 0 Å². The Labute approximate surface area is 182 Å². The number of nitrogens with one attached hydrogen (secondary N) is 1. The molecule has 0 fully saturated rings. The number of aryl methyl sites for hydroxylation is 1. The number of carbonyl (C=O) groups is 2. The number of ether oxygens (including phenoxy) is 1. The maximum atomic E-state index is 12.9. The number of anilines is 1. The topological polar surface area (TPSA) is 107 Å². The second-order valence-corrected chi connectivity index (χ2v) is 7.12. The van der Waals surface area contributed by atoms with Gasteiger partial charge in [-0.1, -0.05) is 12.1 Å². The zero-order chi connectivity index (χ0) is 22.8. The van der Waals surface area contributed by atoms with Crippen LogP contribution in [0, 0.1) is 0 Å². The van der Waals surface area contributed by atoms with Crippen molar-refractivity contribution in [3.05, 3.63) is 60.0 Å². The largest absolute Gasteiger partial charge is 0.463 e. The van der Waals surface area contributed by atoms with Crippen LogP contribution >= 0.6 is 0 Å². The van der Waals surface area contributed by atoms with Crippen molar-refractivity contribution in [1.82, 2.24) is 29.3 Å². The van der Waals surface area contributed by atoms with Crippen molar-refractivity contribution in [1.29, 1.82) is 0 Å². The molecule has 0 aliphatic carbocycles. The molecule has 0 spiro atoms. The Morgan fingerprint density at radius 2 is 2.03 bits per heavy atom. The van der Waals surface area contributed by atoms with E-state index in [4.69, 9.17) is 4.74 Å². The van der Waals surface area contributed by atoms with Crippen molar-refractivity contribution in [3.8, 4) is 17.1 Å². The van der Waals surface area contributed by atoms with Crippen LogP contribution in [0.3, 0.4) is 0 Å². The first-order valence-electron chi connectivity index (χ1n) is 9.58. The Balaban J connectivity index is 1.61. The molecule has 10 nitrogen and oxygen atoms in total. The standard InChI is InChI=1S/C21H20FN7O3/c1-27(2)21(31)16-11-23-28(3)18(16)20(30)24-14-7-8-29-17(10-14)25-19(26-29)13-5-4-6-15(9-13)32-12-22/h4-11H,12H2,1-3H3,(H,24,30). The number of fused-ring (bicyclic) bond motifs is 1. The summed E-state index contributed by atoms with van der Waals surface area (Å²) < 4.78 is 20.2. The first-order chi connectivity index (χ1) is 15.4. The van der Waals surface area contributed by atoms with Gasteiger partial charge in [-0.05, 0) is 18.2 Å². The Morgan fingerprint density at radius 3 is 2.78 bits per heavy atom. The zero-order valence-corrected chi connectivity index (χ0v) is 17.6. The molecule has 3 heterocycles. The minimum atomic E-state index is -0.927. The van der Waals surface area contributed by atoms with Crippen molar-refractivity contribution in [3.63, 3.8) is 0 Å². The third-order valence-corrected chi connectivity index (χ3v) is 4.70. The average Bonchev–Trinajstić information content (AvgIpc) is 3.36. The fourth-order valence-corrected chi connectivity index (χ4v) is 3.16. The fraction of sp³-hybridized carbons (Fsp3) is 0.190. The van der Waals surface area contributed by atoms with Gasteiger partial charge in [-0.3, -0.25) is 14.3 Å². The number of pyridine rings is 1. The molecule has 0 saturated heterocycles. The van der Waals surface area contributed by atoms with Gasteiger partial charge in [0.1, 0.15) is 11.4 Å². The van der Waals surface area contributed by atoms with E-state index in [1.54, 1.807) is 68.3 Å². The van der Waals surface area contributed by atoms with Gasteiger partial charge in [-0.15, -0.1) is 5.10 Å². The van der Waals surface area contributed by atoms with Gasteiger partial charge in [0.25, 0.3) is 11.8 Å². The number of nitrogens with zero attached hydrogens (tertiary/aromatic N) is 6. The molecule has 1 aromatic carbocycles. The molecule has 11 heteroatoms. The van der Waals surface area contributed by atoms with Crippen LogP contribution in [0.4, 0.5) is 10.1 Å². The highest BCUT2D eigenvalue weighted by Crippen LogP contribution is 2.23. The van der Waals surface area contributed by atoms with Crippen LogP contribution in [0.25, 0.3) is 17.0 Å². The molecule has 0 saturated carbocycles. The number of halogens is 1. The molecule has 32 heavy (non-hydrogen) atoms. The van der Waals surface area contributed by atoms with E-state index in [2.05, 4.69) is 20.5 Å². The minimum Gasteiger partial charge on any atom is -0.463 e. The van der Waals surface area contributed by atoms with Crippen molar-refractivity contribution < 1.29 is 18.7 Å². The molecular formula is C21H20FN7O3. The number of rotatable bonds is 6. The van der Waals surface area contributed by atoms with Gasteiger partial charge >= 0.3 is 0 Å². The van der Waals surface area contributed by atoms with Gasteiger partial charge in [0, 0.05) is 44.7 Å². The SMILES string of the molecule is CN(C)C(=O)c1cnn(C)c1C(=O)Nc1ccn2nc(-c3cccc(OCF)c3)nc2c1. The molecule has 0 unspecified atom stereocenters. The molecule has 3 aromatic heterocycles. The second kappa shape index (κ2) is 8.46. The van der Waals surface area contributed by atoms with Gasteiger partial charge in [0.2, 0.25) is 6.86 Å². The fourth-order valence-electron chi connectivity index (χ4n) is 3.16. The zero-order valence-electron chi connectivity index (χ0n) is 17.6. The molecule has 164 valence electrons. The second-order valence-electron chi connectivity index (χ2n) is 7.12. The van der Waals surface area contributed by atoms with E-state index >= 15 is 0 Å². The number of benzene rings is 1. The summed E-state index contributed by atoms with van der Waals surface area (Å²) in [4.78, 5) is 31.1. The van der Waals surface area contributed by atoms with E-state index in [1.807, 2.05) is 0 Å². The number of alkyl halides is 1. The predicted molar refractivity (Wildman–Crippen MR) is 114 cm³/mol. The number of amides is 2. The maximum absolute atomic E-state index is 12.9. The quantitative estimate of drug-likeness (QED) is 0.496. The molecule has 2 amide bonds. The van der Waals surface area contributed by atoms with Crippen LogP contribution in [0.1, 0.15) is 20.8 Å². The van der Waals surface area contributed by atoms with E-state index in [0.717, 1.165) is 0 Å². The van der Waals surface area contributed by atoms with E-state index in [0.29, 0.717) is 28.5 Å². The predicted octanol–water partition coefficient (Wildman–Crippen LogP) is 2.39. The van der Waals surface area contributed by atoms with Crippen molar-refractivity contribution >= 4 is 23.1 Å². The lowest BCUT2D eigenvalue weighted by Gasteiger charge is -2.11. The Kier molecular flexibility index (Phi) is 5.54. The molecule has 0 radical (unpaired) electrons. The molecule has 0 bridgehead atoms. The molecule has 4 aromatic rings. The maximum Gasteiger partial charge on any atom is 0.274 e. The van der Waals surface area contributed by atoms with E-state index in [9.17, 15) is 14.0 Å². The van der Waals surface area contributed by atoms with Crippen LogP contribution in [0.5, 0.6) is 5.75 Å². The van der Waals surface area contributed by atoms with E-state index in [-0.39, 0.29) is 17.2 Å². The van der Waals surface area contributed by atoms with Crippen LogP contribution in [0.15, 0.2) is 48.8 Å². The average molecular weight is 437 g/mol. The molecule has 0 aliphatic rings. The van der Waals surface area contributed by atoms with Crippen molar-refractivity contribution in [2.75, 3.05) is 26.3 Å². The highest BCUT2D eigenvalue weighted by Gasteiger charge is 2.23. The number of hydrogen-bond acceptors (Lipinski definition) is 6. The summed E-state index contributed by atoms with van der Waals surface area (Å²) >= 11 is 0. The lowest BCUT2D eigenvalue weighted by Crippen LogP contribution is -2.26. The molecule has 0 atom stereocenters. The summed E-state index contributed by atoms with van der Waals surface area (Å²) in [6, 6.07) is 10.1. The highest BCUT2D eigenvalue weighted by molar-refractivity contribution is 6.11. The van der Waals surface area contributed by atoms with Gasteiger partial charge in [-0.2, -0.15) is 5.10 Å². The molecule has 1 N–H and O–H groups in total. The Morgan fingerprint density at radius 1 is 1.22 bits per heavy atom. The summed E-state index contributed by atoms with van der Waals surface area (Å²) in [5, 5.41) is 11.2. The smallest absolute Gasteiger partial charge is 0.274 e. The first kappa shape index (κ1) is 21.0. The summed E-state index contributed by atoms with van der Waals surface area (Å²) in [7, 11) is 4.80. The highest BCUT2D eigenvalue weighted by atomic mass is 19.1. The normalized spacial score (nSPS) is 10.9. The van der Waals surface area contributed by atoms with E-state index in [1.165, 1.54) is 15.8 Å². The van der Waals surface area contributed by atoms with Crippen LogP contribution in [-0.4, -0.2) is 62.0 Å². The lowest BCUT2D eigenvalue weighted by molar-refractivity contribution is 0.0821. The Bertz CT molecular complexity index is 1310. The van der Waals surface area contributed by atoms with Gasteiger partial charge in [-0.25, -0.2) is 13.9 Å². The molecule has 0 aliphatic heterocycles. The van der Waals surface area contributed by atoms with Gasteiger partial charge < -0.3 is 15.0 Å². The number of hydrogen-bond donors (Lipinski definition) is 1. The monoisotopic (exact) mass is 437 g/mol. The summed E-state index contributed by atoms with van der Waals surface area (Å²) in [5.41, 5.74) is 1.98. The molecular weight excluding hydrogens is 417 g/mol. The minimum absolute atomic E-state index is 0.149. The van der Waals surface area contributed by atoms with Crippen molar-refractivity contribution in [2.24, 2.45) is 7.05 Å². The number of aromatic nitrogens is 5. The van der Waals surface area contributed by atoms with Gasteiger partial charge in [0.15, 0.2) is 11.5 Å². The van der Waals surface area contributed by atoms with E-state index < -0.39 is 12.8 Å². The van der Waals surface area contributed by atoms with Crippen LogP contribution in [-0.2, 0) is 7.05 Å². The lowest BCUT2D eigenvalue weighted by atomic mass is 10.2. The summed E-state index contributed by atoms with van der Waals surface area (Å²) in [6.45, 7) is -0.927. The Hall–Kier alpha value is -4.28. The summed E-state index contributed by atoms with van der Waals surface area (Å²) in [5.74, 6) is -0.00511. The number of carbonyl (C=O) groups excluding carboxylic acids is 2. The summed E-state index contributed by atoms with van der Waals surface area (Å²) in [6.07, 6.45) is 3.02. The van der Waals surface area contributed by atoms with Gasteiger partial charge in [0.05, 0.1) is 11.8 Å². The van der Waals surface area contributed by atoms with Crippen molar-refractivity contribution in [2.45, 2.75) is 0 Å².